The van der Waals surface area contributed by atoms with Crippen LogP contribution >= 0.6 is 23.1 Å². The van der Waals surface area contributed by atoms with Crippen molar-refractivity contribution in [3.8, 4) is 0 Å². The second kappa shape index (κ2) is 7.27. The molecule has 1 fully saturated rings. The first-order chi connectivity index (χ1) is 12.2. The fourth-order valence-electron chi connectivity index (χ4n) is 3.11. The van der Waals surface area contributed by atoms with Gasteiger partial charge in [0.2, 0.25) is 5.13 Å². The van der Waals surface area contributed by atoms with E-state index in [1.54, 1.807) is 6.07 Å². The van der Waals surface area contributed by atoms with Gasteiger partial charge in [0.15, 0.2) is 0 Å². The van der Waals surface area contributed by atoms with Crippen molar-refractivity contribution >= 4 is 39.2 Å². The van der Waals surface area contributed by atoms with E-state index in [9.17, 15) is 4.39 Å². The highest BCUT2D eigenvalue weighted by atomic mass is 35.5. The molecule has 2 N–H and O–H groups in total. The van der Waals surface area contributed by atoms with Gasteiger partial charge in [-0.25, -0.2) is 9.37 Å². The molecule has 3 aromatic rings. The predicted molar refractivity (Wildman–Crippen MR) is 98.2 cm³/mol. The Bertz CT molecular complexity index is 875. The van der Waals surface area contributed by atoms with Gasteiger partial charge in [0.05, 0.1) is 5.02 Å². The molecule has 2 aromatic heterocycles. The summed E-state index contributed by atoms with van der Waals surface area (Å²) in [5.74, 6) is 0.923. The highest BCUT2D eigenvalue weighted by Crippen LogP contribution is 2.28. The maximum atomic E-state index is 13.5. The largest absolute Gasteiger partial charge is 0.381 e. The van der Waals surface area contributed by atoms with Crippen LogP contribution in [0.3, 0.4) is 0 Å². The molecule has 1 aliphatic rings. The Kier molecular flexibility index (Phi) is 4.87. The minimum Gasteiger partial charge on any atom is -0.381 e. The lowest BCUT2D eigenvalue weighted by Crippen LogP contribution is -2.15. The quantitative estimate of drug-likeness (QED) is 0.690. The number of anilines is 1. The first kappa shape index (κ1) is 16.8. The summed E-state index contributed by atoms with van der Waals surface area (Å²) in [5.41, 5.74) is 1.85. The molecule has 25 heavy (non-hydrogen) atoms. The van der Waals surface area contributed by atoms with Gasteiger partial charge in [0.1, 0.15) is 11.6 Å². The van der Waals surface area contributed by atoms with Crippen LogP contribution in [0, 0.1) is 5.82 Å². The molecule has 1 aromatic carbocycles. The van der Waals surface area contributed by atoms with Gasteiger partial charge in [-0.15, -0.1) is 0 Å². The number of hydrogen-bond donors (Lipinski definition) is 2. The van der Waals surface area contributed by atoms with Crippen LogP contribution in [0.4, 0.5) is 9.52 Å². The number of aromatic nitrogens is 3. The Hall–Kier alpha value is -1.70. The lowest BCUT2D eigenvalue weighted by molar-refractivity contribution is 0.0838. The predicted octanol–water partition coefficient (Wildman–Crippen LogP) is 4.36. The highest BCUT2D eigenvalue weighted by Gasteiger charge is 2.20. The minimum absolute atomic E-state index is 0.145. The van der Waals surface area contributed by atoms with Crippen LogP contribution in [0.2, 0.25) is 5.02 Å². The van der Waals surface area contributed by atoms with E-state index >= 15 is 0 Å². The number of halogens is 2. The van der Waals surface area contributed by atoms with Crippen molar-refractivity contribution in [1.82, 2.24) is 14.3 Å². The van der Waals surface area contributed by atoms with Gasteiger partial charge in [0.25, 0.3) is 0 Å². The van der Waals surface area contributed by atoms with Crippen molar-refractivity contribution in [3.63, 3.8) is 0 Å². The number of rotatable bonds is 5. The standard InChI is InChI=1S/C17H18ClFN4OS/c18-13-7-12-11(9-21-15(12)8-14(13)19)1-4-20-17-22-16(23-25-17)10-2-5-24-6-3-10/h7-10,21H,1-6H2,(H,20,22,23). The number of aromatic amines is 1. The number of ether oxygens (including phenoxy) is 1. The van der Waals surface area contributed by atoms with Crippen LogP contribution in [-0.4, -0.2) is 34.1 Å². The summed E-state index contributed by atoms with van der Waals surface area (Å²) in [7, 11) is 0. The lowest BCUT2D eigenvalue weighted by Gasteiger charge is -2.18. The number of fused-ring (bicyclic) bond motifs is 1. The maximum absolute atomic E-state index is 13.5. The zero-order valence-electron chi connectivity index (χ0n) is 13.5. The average molecular weight is 381 g/mol. The van der Waals surface area contributed by atoms with Crippen LogP contribution in [0.1, 0.15) is 30.1 Å². The third-order valence-electron chi connectivity index (χ3n) is 4.51. The second-order valence-electron chi connectivity index (χ2n) is 6.15. The molecule has 0 aliphatic carbocycles. The summed E-state index contributed by atoms with van der Waals surface area (Å²) in [6.45, 7) is 2.30. The van der Waals surface area contributed by atoms with E-state index in [0.29, 0.717) is 5.92 Å². The molecule has 3 heterocycles. The number of hydrogen-bond acceptors (Lipinski definition) is 5. The van der Waals surface area contributed by atoms with Gasteiger partial charge >= 0.3 is 0 Å². The summed E-state index contributed by atoms with van der Waals surface area (Å²) in [6.07, 6.45) is 4.66. The Labute approximate surface area is 153 Å². The Balaban J connectivity index is 1.38. The normalized spacial score (nSPS) is 15.8. The van der Waals surface area contributed by atoms with E-state index in [-0.39, 0.29) is 5.02 Å². The number of nitrogens with one attached hydrogen (secondary N) is 2. The Morgan fingerprint density at radius 2 is 2.20 bits per heavy atom. The van der Waals surface area contributed by atoms with Gasteiger partial charge < -0.3 is 15.0 Å². The molecule has 8 heteroatoms. The smallest absolute Gasteiger partial charge is 0.202 e. The number of H-pyrrole nitrogens is 1. The van der Waals surface area contributed by atoms with E-state index in [0.717, 1.165) is 66.4 Å². The summed E-state index contributed by atoms with van der Waals surface area (Å²) in [6, 6.07) is 3.10. The molecular weight excluding hydrogens is 363 g/mol. The molecule has 0 bridgehead atoms. The molecule has 4 rings (SSSR count). The Morgan fingerprint density at radius 1 is 1.36 bits per heavy atom. The lowest BCUT2D eigenvalue weighted by atomic mass is 10.00. The van der Waals surface area contributed by atoms with Crippen molar-refractivity contribution in [2.45, 2.75) is 25.2 Å². The fourth-order valence-corrected chi connectivity index (χ4v) is 3.95. The fraction of sp³-hybridized carbons (Fsp3) is 0.412. The average Bonchev–Trinajstić information content (AvgIpc) is 3.24. The van der Waals surface area contributed by atoms with Crippen LogP contribution < -0.4 is 5.32 Å². The highest BCUT2D eigenvalue weighted by molar-refractivity contribution is 7.09. The van der Waals surface area contributed by atoms with Crippen molar-refractivity contribution in [1.29, 1.82) is 0 Å². The van der Waals surface area contributed by atoms with Crippen LogP contribution in [0.25, 0.3) is 10.9 Å². The van der Waals surface area contributed by atoms with Crippen molar-refractivity contribution < 1.29 is 9.13 Å². The van der Waals surface area contributed by atoms with Gasteiger partial charge in [0, 0.05) is 54.3 Å². The van der Waals surface area contributed by atoms with Gasteiger partial charge in [-0.2, -0.15) is 4.37 Å². The number of benzene rings is 1. The van der Waals surface area contributed by atoms with E-state index < -0.39 is 5.82 Å². The zero-order valence-corrected chi connectivity index (χ0v) is 15.1. The first-order valence-corrected chi connectivity index (χ1v) is 9.46. The first-order valence-electron chi connectivity index (χ1n) is 8.31. The van der Waals surface area contributed by atoms with E-state index in [1.165, 1.54) is 17.6 Å². The summed E-state index contributed by atoms with van der Waals surface area (Å²) < 4.78 is 23.4. The van der Waals surface area contributed by atoms with Crippen LogP contribution in [-0.2, 0) is 11.2 Å². The van der Waals surface area contributed by atoms with Gasteiger partial charge in [-0.3, -0.25) is 0 Å². The summed E-state index contributed by atoms with van der Waals surface area (Å²) >= 11 is 7.29. The van der Waals surface area contributed by atoms with Crippen LogP contribution in [0.5, 0.6) is 0 Å². The van der Waals surface area contributed by atoms with E-state index in [2.05, 4.69) is 19.7 Å². The third-order valence-corrected chi connectivity index (χ3v) is 5.48. The molecule has 0 amide bonds. The molecule has 132 valence electrons. The topological polar surface area (TPSA) is 62.8 Å². The minimum atomic E-state index is -0.407. The summed E-state index contributed by atoms with van der Waals surface area (Å²) in [4.78, 5) is 7.69. The maximum Gasteiger partial charge on any atom is 0.202 e. The molecule has 0 radical (unpaired) electrons. The van der Waals surface area contributed by atoms with Crippen molar-refractivity contribution in [2.24, 2.45) is 0 Å². The van der Waals surface area contributed by atoms with Crippen LogP contribution in [0.15, 0.2) is 18.3 Å². The van der Waals surface area contributed by atoms with E-state index in [1.807, 2.05) is 6.20 Å². The molecule has 1 aliphatic heterocycles. The SMILES string of the molecule is Fc1cc2[nH]cc(CCNc3nc(C4CCOCC4)ns3)c2cc1Cl. The molecular formula is C17H18ClFN4OS. The third kappa shape index (κ3) is 3.63. The van der Waals surface area contributed by atoms with Gasteiger partial charge in [-0.05, 0) is 37.0 Å². The second-order valence-corrected chi connectivity index (χ2v) is 7.31. The number of nitrogens with zero attached hydrogens (tertiary/aromatic N) is 2. The molecule has 0 saturated carbocycles. The molecule has 0 unspecified atom stereocenters. The van der Waals surface area contributed by atoms with Crippen molar-refractivity contribution in [2.75, 3.05) is 25.1 Å². The van der Waals surface area contributed by atoms with Gasteiger partial charge in [-0.1, -0.05) is 11.6 Å². The van der Waals surface area contributed by atoms with Crippen molar-refractivity contribution in [3.05, 3.63) is 40.6 Å². The monoisotopic (exact) mass is 380 g/mol. The molecule has 0 atom stereocenters. The molecule has 5 nitrogen and oxygen atoms in total. The summed E-state index contributed by atoms with van der Waals surface area (Å²) in [5, 5.41) is 5.26. The Morgan fingerprint density at radius 3 is 3.04 bits per heavy atom. The van der Waals surface area contributed by atoms with E-state index in [4.69, 9.17) is 16.3 Å². The molecule has 0 spiro atoms. The zero-order chi connectivity index (χ0) is 17.2. The molecule has 1 saturated heterocycles.